The Hall–Kier alpha value is -2.76. The van der Waals surface area contributed by atoms with E-state index in [1.54, 1.807) is 0 Å². The minimum absolute atomic E-state index is 0. The van der Waals surface area contributed by atoms with Crippen LogP contribution in [0.4, 0.5) is 5.69 Å². The molecule has 4 rings (SSSR count). The largest absolute Gasteiger partial charge is 0.369 e. The molecule has 0 aliphatic carbocycles. The minimum Gasteiger partial charge on any atom is -0.369 e. The molecule has 1 aromatic heterocycles. The number of nitrogens with one attached hydrogen (secondary N) is 1. The molecule has 1 N–H and O–H groups in total. The number of aryl methyl sites for hydroxylation is 1. The second-order valence-corrected chi connectivity index (χ2v) is 7.23. The van der Waals surface area contributed by atoms with Gasteiger partial charge in [0, 0.05) is 21.1 Å². The maximum Gasteiger partial charge on any atom is 0.225 e. The van der Waals surface area contributed by atoms with E-state index < -0.39 is 0 Å². The van der Waals surface area contributed by atoms with Crippen LogP contribution >= 0.6 is 0 Å². The van der Waals surface area contributed by atoms with Crippen LogP contribution in [0.3, 0.4) is 0 Å². The van der Waals surface area contributed by atoms with Crippen molar-refractivity contribution in [2.24, 2.45) is 15.9 Å². The molecule has 6 nitrogen and oxygen atoms in total. The van der Waals surface area contributed by atoms with Crippen LogP contribution in [0.5, 0.6) is 0 Å². The van der Waals surface area contributed by atoms with E-state index in [4.69, 9.17) is 0 Å². The van der Waals surface area contributed by atoms with Crippen LogP contribution in [0.2, 0.25) is 0 Å². The average Bonchev–Trinajstić information content (AvgIpc) is 2.72. The summed E-state index contributed by atoms with van der Waals surface area (Å²) < 4.78 is 0. The molecule has 2 aliphatic heterocycles. The van der Waals surface area contributed by atoms with Gasteiger partial charge in [-0.1, -0.05) is 24.3 Å². The van der Waals surface area contributed by atoms with Crippen molar-refractivity contribution in [3.8, 4) is 0 Å². The van der Waals surface area contributed by atoms with E-state index in [0.29, 0.717) is 13.1 Å². The molecule has 0 unspecified atom stereocenters. The second-order valence-electron chi connectivity index (χ2n) is 7.23. The molecule has 0 saturated carbocycles. The number of amides is 1. The molecule has 3 heterocycles. The Labute approximate surface area is 160 Å². The van der Waals surface area contributed by atoms with Gasteiger partial charge >= 0.3 is 0 Å². The SMILES string of the molecule is Cc1ccccc1CNC(=O)[C@H]1CCCN(c2cnc3c(c2)=NCCN=3)C1.[HH]. The molecule has 0 spiro atoms. The summed E-state index contributed by atoms with van der Waals surface area (Å²) in [6.07, 6.45) is 3.78. The van der Waals surface area contributed by atoms with Crippen LogP contribution in [-0.2, 0) is 11.3 Å². The van der Waals surface area contributed by atoms with Crippen LogP contribution < -0.4 is 21.1 Å². The summed E-state index contributed by atoms with van der Waals surface area (Å²) in [5.74, 6) is 0.133. The number of carbonyl (C=O) groups excluding carboxylic acids is 1. The van der Waals surface area contributed by atoms with Gasteiger partial charge in [0.15, 0.2) is 5.49 Å². The number of fused-ring (bicyclic) bond motifs is 1. The van der Waals surface area contributed by atoms with Crippen molar-refractivity contribution in [2.75, 3.05) is 31.1 Å². The molecule has 1 atom stereocenters. The van der Waals surface area contributed by atoms with Crippen LogP contribution in [0.1, 0.15) is 25.4 Å². The van der Waals surface area contributed by atoms with Gasteiger partial charge in [0.05, 0.1) is 30.9 Å². The van der Waals surface area contributed by atoms with Crippen molar-refractivity contribution in [1.29, 1.82) is 0 Å². The number of rotatable bonds is 4. The Bertz CT molecular complexity index is 962. The van der Waals surface area contributed by atoms with Crippen molar-refractivity contribution in [1.82, 2.24) is 10.3 Å². The Morgan fingerprint density at radius 2 is 2.15 bits per heavy atom. The number of pyridine rings is 1. The highest BCUT2D eigenvalue weighted by atomic mass is 16.1. The van der Waals surface area contributed by atoms with Gasteiger partial charge in [-0.15, -0.1) is 0 Å². The Morgan fingerprint density at radius 1 is 1.30 bits per heavy atom. The van der Waals surface area contributed by atoms with Gasteiger partial charge in [-0.05, 0) is 37.0 Å². The maximum atomic E-state index is 12.7. The predicted molar refractivity (Wildman–Crippen MR) is 106 cm³/mol. The molecule has 1 fully saturated rings. The Morgan fingerprint density at radius 3 is 3.04 bits per heavy atom. The molecule has 27 heavy (non-hydrogen) atoms. The molecule has 0 radical (unpaired) electrons. The molecule has 1 aromatic carbocycles. The lowest BCUT2D eigenvalue weighted by atomic mass is 9.96. The molecule has 142 valence electrons. The van der Waals surface area contributed by atoms with E-state index in [-0.39, 0.29) is 13.3 Å². The first-order chi connectivity index (χ1) is 13.2. The highest BCUT2D eigenvalue weighted by Gasteiger charge is 2.26. The quantitative estimate of drug-likeness (QED) is 0.891. The summed E-state index contributed by atoms with van der Waals surface area (Å²) in [7, 11) is 0. The van der Waals surface area contributed by atoms with E-state index in [0.717, 1.165) is 49.0 Å². The highest BCUT2D eigenvalue weighted by Crippen LogP contribution is 2.22. The average molecular weight is 365 g/mol. The first kappa shape index (κ1) is 17.6. The van der Waals surface area contributed by atoms with Crippen LogP contribution in [0.15, 0.2) is 46.5 Å². The summed E-state index contributed by atoms with van der Waals surface area (Å²) in [5, 5.41) is 3.98. The number of carbonyl (C=O) groups is 1. The summed E-state index contributed by atoms with van der Waals surface area (Å²) in [5.41, 5.74) is 4.14. The van der Waals surface area contributed by atoms with Gasteiger partial charge < -0.3 is 10.2 Å². The highest BCUT2D eigenvalue weighted by molar-refractivity contribution is 5.79. The predicted octanol–water partition coefficient (Wildman–Crippen LogP) is 1.42. The fraction of sp³-hybridized carbons (Fsp3) is 0.429. The zero-order valence-corrected chi connectivity index (χ0v) is 15.7. The second kappa shape index (κ2) is 7.86. The van der Waals surface area contributed by atoms with Crippen molar-refractivity contribution < 1.29 is 6.22 Å². The van der Waals surface area contributed by atoms with E-state index in [1.807, 2.05) is 18.3 Å². The zero-order chi connectivity index (χ0) is 18.6. The Balaban J connectivity index is 0.00000225. The molecule has 2 aromatic rings. The molecular formula is C21H27N5O. The first-order valence-corrected chi connectivity index (χ1v) is 9.63. The van der Waals surface area contributed by atoms with Crippen molar-refractivity contribution in [2.45, 2.75) is 26.3 Å². The van der Waals surface area contributed by atoms with Gasteiger partial charge in [-0.2, -0.15) is 0 Å². The van der Waals surface area contributed by atoms with E-state index in [2.05, 4.69) is 50.3 Å². The third kappa shape index (κ3) is 3.99. The number of benzene rings is 1. The van der Waals surface area contributed by atoms with Crippen LogP contribution in [0.25, 0.3) is 0 Å². The van der Waals surface area contributed by atoms with Crippen LogP contribution in [-0.4, -0.2) is 37.1 Å². The van der Waals surface area contributed by atoms with Gasteiger partial charge in [-0.3, -0.25) is 14.8 Å². The maximum absolute atomic E-state index is 12.7. The number of hydrogen-bond donors (Lipinski definition) is 1. The molecule has 0 bridgehead atoms. The molecule has 2 aliphatic rings. The van der Waals surface area contributed by atoms with Crippen LogP contribution in [0, 0.1) is 12.8 Å². The van der Waals surface area contributed by atoms with Crippen molar-refractivity contribution in [3.63, 3.8) is 0 Å². The lowest BCUT2D eigenvalue weighted by Crippen LogP contribution is -2.44. The third-order valence-corrected chi connectivity index (χ3v) is 5.35. The molecule has 1 amide bonds. The Kier molecular flexibility index (Phi) is 5.14. The van der Waals surface area contributed by atoms with Gasteiger partial charge in [0.1, 0.15) is 5.36 Å². The monoisotopic (exact) mass is 365 g/mol. The fourth-order valence-electron chi connectivity index (χ4n) is 3.73. The summed E-state index contributed by atoms with van der Waals surface area (Å²) in [6, 6.07) is 10.2. The zero-order valence-electron chi connectivity index (χ0n) is 15.7. The topological polar surface area (TPSA) is 70.0 Å². The lowest BCUT2D eigenvalue weighted by Gasteiger charge is -2.33. The van der Waals surface area contributed by atoms with E-state index in [1.165, 1.54) is 11.1 Å². The van der Waals surface area contributed by atoms with Gasteiger partial charge in [0.25, 0.3) is 0 Å². The molecule has 1 saturated heterocycles. The molecular weight excluding hydrogens is 338 g/mol. The number of aromatic nitrogens is 1. The number of anilines is 1. The first-order valence-electron chi connectivity index (χ1n) is 9.63. The van der Waals surface area contributed by atoms with Crippen molar-refractivity contribution in [3.05, 3.63) is 58.5 Å². The standard InChI is InChI=1S/C21H25N5O.H2/c1-15-5-2-3-6-16(15)12-25-21(27)17-7-4-10-26(14-17)18-11-19-20(24-13-18)23-9-8-22-19;/h2-3,5-6,11,13,17H,4,7-10,12,14H2,1H3,(H,25,27);1H/t17-;/m0./s1. The fourth-order valence-corrected chi connectivity index (χ4v) is 3.73. The van der Waals surface area contributed by atoms with E-state index in [9.17, 15) is 4.79 Å². The van der Waals surface area contributed by atoms with Crippen molar-refractivity contribution >= 4 is 11.6 Å². The number of piperidine rings is 1. The van der Waals surface area contributed by atoms with Gasteiger partial charge in [-0.25, -0.2) is 4.98 Å². The molecule has 6 heteroatoms. The minimum atomic E-state index is 0. The smallest absolute Gasteiger partial charge is 0.225 e. The summed E-state index contributed by atoms with van der Waals surface area (Å²) in [6.45, 7) is 5.76. The number of nitrogens with zero attached hydrogens (tertiary/aromatic N) is 4. The van der Waals surface area contributed by atoms with Gasteiger partial charge in [0.2, 0.25) is 5.91 Å². The summed E-state index contributed by atoms with van der Waals surface area (Å²) >= 11 is 0. The van der Waals surface area contributed by atoms with E-state index >= 15 is 0 Å². The number of hydrogen-bond acceptors (Lipinski definition) is 5. The normalized spacial score (nSPS) is 18.9. The summed E-state index contributed by atoms with van der Waals surface area (Å²) in [4.78, 5) is 28.3. The lowest BCUT2D eigenvalue weighted by molar-refractivity contribution is -0.125. The third-order valence-electron chi connectivity index (χ3n) is 5.35.